The molecule has 0 aliphatic heterocycles. The Labute approximate surface area is 112 Å². The average molecular weight is 272 g/mol. The fourth-order valence-corrected chi connectivity index (χ4v) is 1.28. The number of nitrogens with one attached hydrogen (secondary N) is 1. The molecule has 1 aromatic carbocycles. The minimum absolute atomic E-state index is 0.140. The van der Waals surface area contributed by atoms with Gasteiger partial charge in [-0.25, -0.2) is 5.48 Å². The van der Waals surface area contributed by atoms with E-state index in [1.807, 2.05) is 33.8 Å². The van der Waals surface area contributed by atoms with Crippen LogP contribution in [0.2, 0.25) is 5.02 Å². The summed E-state index contributed by atoms with van der Waals surface area (Å²) in [5.41, 5.74) is 2.90. The van der Waals surface area contributed by atoms with Gasteiger partial charge in [0.2, 0.25) is 0 Å². The Morgan fingerprint density at radius 1 is 1.39 bits per heavy atom. The molecule has 5 heteroatoms. The Morgan fingerprint density at radius 3 is 2.67 bits per heavy atom. The van der Waals surface area contributed by atoms with Crippen LogP contribution in [0.5, 0.6) is 5.75 Å². The van der Waals surface area contributed by atoms with Crippen molar-refractivity contribution < 1.29 is 14.4 Å². The van der Waals surface area contributed by atoms with Crippen LogP contribution in [0.15, 0.2) is 18.2 Å². The zero-order chi connectivity index (χ0) is 13.8. The number of carbonyl (C=O) groups excluding carboxylic acids is 1. The molecule has 0 saturated heterocycles. The molecule has 1 N–H and O–H groups in total. The third-order valence-electron chi connectivity index (χ3n) is 1.92. The number of hydrogen-bond acceptors (Lipinski definition) is 3. The van der Waals surface area contributed by atoms with Crippen molar-refractivity contribution in [3.63, 3.8) is 0 Å². The van der Waals surface area contributed by atoms with Crippen molar-refractivity contribution in [3.05, 3.63) is 28.8 Å². The molecular formula is C13H18ClNO3. The summed E-state index contributed by atoms with van der Waals surface area (Å²) in [4.78, 5) is 16.6. The Bertz CT molecular complexity index is 427. The van der Waals surface area contributed by atoms with Gasteiger partial charge in [-0.2, -0.15) is 0 Å². The molecule has 0 aliphatic rings. The van der Waals surface area contributed by atoms with E-state index in [4.69, 9.17) is 21.2 Å². The highest BCUT2D eigenvalue weighted by atomic mass is 35.5. The largest absolute Gasteiger partial charge is 0.482 e. The first-order valence-corrected chi connectivity index (χ1v) is 6.01. The second-order valence-electron chi connectivity index (χ2n) is 4.96. The normalized spacial score (nSPS) is 11.2. The maximum Gasteiger partial charge on any atom is 0.281 e. The van der Waals surface area contributed by atoms with Crippen LogP contribution >= 0.6 is 11.6 Å². The SMILES string of the molecule is Cc1ccc(Cl)c(OCC(=O)NOC(C)(C)C)c1. The molecule has 0 saturated carbocycles. The predicted octanol–water partition coefficient (Wildman–Crippen LogP) is 2.87. The van der Waals surface area contributed by atoms with E-state index in [0.29, 0.717) is 10.8 Å². The van der Waals surface area contributed by atoms with E-state index in [-0.39, 0.29) is 12.5 Å². The molecule has 18 heavy (non-hydrogen) atoms. The third kappa shape index (κ3) is 5.38. The fourth-order valence-electron chi connectivity index (χ4n) is 1.10. The first kappa shape index (κ1) is 14.8. The molecule has 0 heterocycles. The summed E-state index contributed by atoms with van der Waals surface area (Å²) in [6.45, 7) is 7.30. The molecular weight excluding hydrogens is 254 g/mol. The van der Waals surface area contributed by atoms with E-state index in [9.17, 15) is 4.79 Å². The molecule has 0 bridgehead atoms. The van der Waals surface area contributed by atoms with E-state index in [1.54, 1.807) is 12.1 Å². The Hall–Kier alpha value is -1.26. The second kappa shape index (κ2) is 6.07. The van der Waals surface area contributed by atoms with Crippen LogP contribution in [0.1, 0.15) is 26.3 Å². The number of hydrogen-bond donors (Lipinski definition) is 1. The van der Waals surface area contributed by atoms with Gasteiger partial charge in [-0.15, -0.1) is 0 Å². The van der Waals surface area contributed by atoms with Crippen molar-refractivity contribution >= 4 is 17.5 Å². The summed E-state index contributed by atoms with van der Waals surface area (Å²) in [5.74, 6) is 0.130. The number of rotatable bonds is 4. The number of halogens is 1. The number of amides is 1. The minimum atomic E-state index is -0.434. The molecule has 0 aromatic heterocycles. The highest BCUT2D eigenvalue weighted by Crippen LogP contribution is 2.24. The lowest BCUT2D eigenvalue weighted by molar-refractivity contribution is -0.147. The first-order chi connectivity index (χ1) is 8.28. The molecule has 0 fully saturated rings. The Kier molecular flexibility index (Phi) is 4.99. The van der Waals surface area contributed by atoms with Gasteiger partial charge in [-0.05, 0) is 45.4 Å². The summed E-state index contributed by atoms with van der Waals surface area (Å²) in [5, 5.41) is 0.477. The van der Waals surface area contributed by atoms with E-state index >= 15 is 0 Å². The quantitative estimate of drug-likeness (QED) is 0.857. The zero-order valence-electron chi connectivity index (χ0n) is 11.0. The average Bonchev–Trinajstić information content (AvgIpc) is 2.26. The topological polar surface area (TPSA) is 47.6 Å². The smallest absolute Gasteiger partial charge is 0.281 e. The number of aryl methyl sites for hydroxylation is 1. The van der Waals surface area contributed by atoms with Crippen LogP contribution < -0.4 is 10.2 Å². The van der Waals surface area contributed by atoms with Crippen molar-refractivity contribution in [2.24, 2.45) is 0 Å². The van der Waals surface area contributed by atoms with E-state index in [1.165, 1.54) is 0 Å². The van der Waals surface area contributed by atoms with Crippen molar-refractivity contribution in [1.29, 1.82) is 0 Å². The molecule has 1 amide bonds. The maximum absolute atomic E-state index is 11.5. The van der Waals surface area contributed by atoms with Crippen molar-refractivity contribution in [2.75, 3.05) is 6.61 Å². The van der Waals surface area contributed by atoms with Crippen LogP contribution in [0.4, 0.5) is 0 Å². The van der Waals surface area contributed by atoms with Gasteiger partial charge in [0.1, 0.15) is 5.75 Å². The highest BCUT2D eigenvalue weighted by molar-refractivity contribution is 6.32. The standard InChI is InChI=1S/C13H18ClNO3/c1-9-5-6-10(14)11(7-9)17-8-12(16)15-18-13(2,3)4/h5-7H,8H2,1-4H3,(H,15,16). The number of ether oxygens (including phenoxy) is 1. The molecule has 1 rings (SSSR count). The molecule has 1 aromatic rings. The van der Waals surface area contributed by atoms with Crippen LogP contribution in [0.3, 0.4) is 0 Å². The Morgan fingerprint density at radius 2 is 2.06 bits per heavy atom. The summed E-state index contributed by atoms with van der Waals surface area (Å²) in [6, 6.07) is 5.38. The van der Waals surface area contributed by atoms with Gasteiger partial charge in [0.15, 0.2) is 6.61 Å². The van der Waals surface area contributed by atoms with Crippen molar-refractivity contribution in [2.45, 2.75) is 33.3 Å². The van der Waals surface area contributed by atoms with Crippen molar-refractivity contribution in [3.8, 4) is 5.75 Å². The zero-order valence-corrected chi connectivity index (χ0v) is 11.8. The van der Waals surface area contributed by atoms with Gasteiger partial charge in [0.05, 0.1) is 10.6 Å². The van der Waals surface area contributed by atoms with E-state index in [0.717, 1.165) is 5.56 Å². The monoisotopic (exact) mass is 271 g/mol. The molecule has 0 unspecified atom stereocenters. The summed E-state index contributed by atoms with van der Waals surface area (Å²) >= 11 is 5.94. The highest BCUT2D eigenvalue weighted by Gasteiger charge is 2.13. The van der Waals surface area contributed by atoms with Gasteiger partial charge >= 0.3 is 0 Å². The molecule has 0 atom stereocenters. The summed E-state index contributed by atoms with van der Waals surface area (Å²) in [7, 11) is 0. The number of hydroxylamine groups is 1. The predicted molar refractivity (Wildman–Crippen MR) is 70.7 cm³/mol. The lowest BCUT2D eigenvalue weighted by Crippen LogP contribution is -2.36. The minimum Gasteiger partial charge on any atom is -0.482 e. The van der Waals surface area contributed by atoms with Gasteiger partial charge in [-0.1, -0.05) is 17.7 Å². The summed E-state index contributed by atoms with van der Waals surface area (Å²) in [6.07, 6.45) is 0. The first-order valence-electron chi connectivity index (χ1n) is 5.64. The van der Waals surface area contributed by atoms with Gasteiger partial charge in [-0.3, -0.25) is 9.63 Å². The third-order valence-corrected chi connectivity index (χ3v) is 2.23. The molecule has 4 nitrogen and oxygen atoms in total. The van der Waals surface area contributed by atoms with Gasteiger partial charge in [0, 0.05) is 0 Å². The van der Waals surface area contributed by atoms with Crippen LogP contribution in [-0.2, 0) is 9.63 Å². The number of carbonyl (C=O) groups is 1. The molecule has 0 aliphatic carbocycles. The van der Waals surface area contributed by atoms with E-state index < -0.39 is 5.60 Å². The maximum atomic E-state index is 11.5. The van der Waals surface area contributed by atoms with E-state index in [2.05, 4.69) is 5.48 Å². The molecule has 0 spiro atoms. The van der Waals surface area contributed by atoms with Gasteiger partial charge < -0.3 is 4.74 Å². The van der Waals surface area contributed by atoms with Crippen molar-refractivity contribution in [1.82, 2.24) is 5.48 Å². The van der Waals surface area contributed by atoms with Gasteiger partial charge in [0.25, 0.3) is 5.91 Å². The van der Waals surface area contributed by atoms with Crippen LogP contribution in [-0.4, -0.2) is 18.1 Å². The lowest BCUT2D eigenvalue weighted by atomic mass is 10.2. The second-order valence-corrected chi connectivity index (χ2v) is 5.37. The van der Waals surface area contributed by atoms with Crippen LogP contribution in [0.25, 0.3) is 0 Å². The molecule has 0 radical (unpaired) electrons. The summed E-state index contributed by atoms with van der Waals surface area (Å²) < 4.78 is 5.32. The number of benzene rings is 1. The Balaban J connectivity index is 2.45. The van der Waals surface area contributed by atoms with Crippen LogP contribution in [0, 0.1) is 6.92 Å². The fraction of sp³-hybridized carbons (Fsp3) is 0.462. The lowest BCUT2D eigenvalue weighted by Gasteiger charge is -2.19. The molecule has 100 valence electrons.